The first-order valence-electron chi connectivity index (χ1n) is 13.5. The van der Waals surface area contributed by atoms with Crippen LogP contribution in [0.1, 0.15) is 36.3 Å². The summed E-state index contributed by atoms with van der Waals surface area (Å²) in [5, 5.41) is 16.5. The Bertz CT molecular complexity index is 1550. The van der Waals surface area contributed by atoms with Crippen molar-refractivity contribution in [3.8, 4) is 17.3 Å². The number of ether oxygens (including phenoxy) is 2. The molecule has 12 nitrogen and oxygen atoms in total. The van der Waals surface area contributed by atoms with E-state index in [1.54, 1.807) is 6.92 Å². The highest BCUT2D eigenvalue weighted by atomic mass is 32.2. The Hall–Kier alpha value is -3.85. The predicted octanol–water partition coefficient (Wildman–Crippen LogP) is 3.41. The van der Waals surface area contributed by atoms with E-state index in [1.165, 1.54) is 43.3 Å². The number of carboxylic acid groups (broad SMARTS) is 1. The minimum atomic E-state index is -4.19. The van der Waals surface area contributed by atoms with E-state index in [2.05, 4.69) is 20.0 Å². The van der Waals surface area contributed by atoms with E-state index in [0.29, 0.717) is 39.3 Å². The Labute approximate surface area is 243 Å². The summed E-state index contributed by atoms with van der Waals surface area (Å²) in [5.41, 5.74) is 0.165. The molecule has 226 valence electrons. The predicted molar refractivity (Wildman–Crippen MR) is 152 cm³/mol. The first-order valence-corrected chi connectivity index (χ1v) is 15.0. The number of carbonyl (C=O) groups excluding carboxylic acids is 1. The highest BCUT2D eigenvalue weighted by Crippen LogP contribution is 2.35. The van der Waals surface area contributed by atoms with Crippen LogP contribution in [0.4, 0.5) is 10.1 Å². The molecule has 0 saturated carbocycles. The number of hydrogen-bond acceptors (Lipinski definition) is 8. The Morgan fingerprint density at radius 1 is 1.19 bits per heavy atom. The van der Waals surface area contributed by atoms with Crippen molar-refractivity contribution >= 4 is 27.6 Å². The molecule has 1 aromatic heterocycles. The summed E-state index contributed by atoms with van der Waals surface area (Å²) in [4.78, 5) is 26.2. The van der Waals surface area contributed by atoms with Gasteiger partial charge in [0.1, 0.15) is 16.5 Å². The maximum absolute atomic E-state index is 14.1. The maximum Gasteiger partial charge on any atom is 0.356 e. The van der Waals surface area contributed by atoms with Crippen molar-refractivity contribution in [1.29, 1.82) is 0 Å². The zero-order chi connectivity index (χ0) is 30.4. The Balaban J connectivity index is 1.73. The van der Waals surface area contributed by atoms with Crippen LogP contribution in [-0.4, -0.2) is 79.5 Å². The number of anilines is 1. The molecule has 1 amide bonds. The Kier molecular flexibility index (Phi) is 9.93. The average molecular weight is 604 g/mol. The molecule has 42 heavy (non-hydrogen) atoms. The van der Waals surface area contributed by atoms with Crippen molar-refractivity contribution in [3.63, 3.8) is 0 Å². The van der Waals surface area contributed by atoms with E-state index < -0.39 is 21.8 Å². The van der Waals surface area contributed by atoms with Gasteiger partial charge in [-0.3, -0.25) is 9.69 Å². The number of carbonyl (C=O) groups is 2. The molecule has 3 aromatic rings. The highest BCUT2D eigenvalue weighted by Gasteiger charge is 2.27. The van der Waals surface area contributed by atoms with Crippen molar-refractivity contribution in [3.05, 3.63) is 59.5 Å². The molecular weight excluding hydrogens is 569 g/mol. The summed E-state index contributed by atoms with van der Waals surface area (Å²) in [7, 11) is -4.19. The Morgan fingerprint density at radius 3 is 2.60 bits per heavy atom. The summed E-state index contributed by atoms with van der Waals surface area (Å²) in [6.45, 7) is 8.14. The van der Waals surface area contributed by atoms with Crippen molar-refractivity contribution < 1.29 is 37.0 Å². The van der Waals surface area contributed by atoms with Crippen LogP contribution in [0.15, 0.2) is 47.4 Å². The normalized spacial score (nSPS) is 14.9. The largest absolute Gasteiger partial charge is 0.476 e. The molecule has 1 aliphatic rings. The van der Waals surface area contributed by atoms with Crippen LogP contribution in [0.2, 0.25) is 0 Å². The number of nitrogens with zero attached hydrogens (tertiary/aromatic N) is 3. The molecule has 3 N–H and O–H groups in total. The highest BCUT2D eigenvalue weighted by molar-refractivity contribution is 7.89. The van der Waals surface area contributed by atoms with Crippen LogP contribution in [0.25, 0.3) is 5.69 Å². The maximum atomic E-state index is 14.1. The molecule has 14 heteroatoms. The molecule has 0 aliphatic carbocycles. The zero-order valence-corrected chi connectivity index (χ0v) is 24.4. The Morgan fingerprint density at radius 2 is 1.93 bits per heavy atom. The minimum absolute atomic E-state index is 0.101. The second-order valence-electron chi connectivity index (χ2n) is 9.89. The monoisotopic (exact) mass is 603 g/mol. The van der Waals surface area contributed by atoms with Crippen LogP contribution in [0.5, 0.6) is 11.6 Å². The number of morpholine rings is 1. The van der Waals surface area contributed by atoms with E-state index in [1.807, 2.05) is 6.92 Å². The van der Waals surface area contributed by atoms with Gasteiger partial charge in [0.2, 0.25) is 21.8 Å². The van der Waals surface area contributed by atoms with Crippen LogP contribution < -0.4 is 14.8 Å². The first kappa shape index (κ1) is 31.1. The SMILES string of the molecule is CC[C@H](C)C(=O)Nc1ccc(Oc2c(C)c(C(=O)O)nn2-c2cccc(F)c2)c(S(=O)(=O)NCCN2CCOCC2)c1. The van der Waals surface area contributed by atoms with Crippen LogP contribution in [0, 0.1) is 18.7 Å². The number of nitrogens with one attached hydrogen (secondary N) is 2. The fraction of sp³-hybridized carbons (Fsp3) is 0.393. The number of aromatic nitrogens is 2. The minimum Gasteiger partial charge on any atom is -0.476 e. The number of aromatic carboxylic acids is 1. The number of benzene rings is 2. The van der Waals surface area contributed by atoms with Gasteiger partial charge in [-0.1, -0.05) is 19.9 Å². The summed E-state index contributed by atoms with van der Waals surface area (Å²) in [6.07, 6.45) is 0.594. The molecule has 2 aromatic carbocycles. The number of rotatable bonds is 12. The molecule has 1 saturated heterocycles. The first-order chi connectivity index (χ1) is 20.0. The molecule has 1 aliphatic heterocycles. The van der Waals surface area contributed by atoms with Gasteiger partial charge in [-0.05, 0) is 49.7 Å². The van der Waals surface area contributed by atoms with E-state index in [4.69, 9.17) is 9.47 Å². The number of sulfonamides is 1. The van der Waals surface area contributed by atoms with Gasteiger partial charge in [0.15, 0.2) is 5.69 Å². The zero-order valence-electron chi connectivity index (χ0n) is 23.6. The van der Waals surface area contributed by atoms with Crippen molar-refractivity contribution in [2.45, 2.75) is 32.1 Å². The molecule has 0 unspecified atom stereocenters. The molecular formula is C28H34FN5O7S. The lowest BCUT2D eigenvalue weighted by Crippen LogP contribution is -2.41. The molecule has 1 atom stereocenters. The van der Waals surface area contributed by atoms with Gasteiger partial charge in [0, 0.05) is 43.3 Å². The van der Waals surface area contributed by atoms with Crippen LogP contribution in [-0.2, 0) is 19.6 Å². The standard InChI is InChI=1S/C28H34FN5O7S/c1-4-18(2)26(35)31-21-8-9-23(24(17-21)42(38,39)30-10-11-33-12-14-40-15-13-33)41-27-19(3)25(28(36)37)32-34(27)22-7-5-6-20(29)16-22/h5-9,16-18,30H,4,10-15H2,1-3H3,(H,31,35)(H,36,37)/t18-/m0/s1. The smallest absolute Gasteiger partial charge is 0.356 e. The topological polar surface area (TPSA) is 152 Å². The van der Waals surface area contributed by atoms with Gasteiger partial charge in [0.05, 0.1) is 18.9 Å². The van der Waals surface area contributed by atoms with Gasteiger partial charge in [-0.2, -0.15) is 9.78 Å². The van der Waals surface area contributed by atoms with Gasteiger partial charge in [-0.25, -0.2) is 22.3 Å². The molecule has 1 fully saturated rings. The number of hydrogen-bond donors (Lipinski definition) is 3. The van der Waals surface area contributed by atoms with Crippen LogP contribution in [0.3, 0.4) is 0 Å². The summed E-state index contributed by atoms with van der Waals surface area (Å²) in [5.74, 6) is -2.76. The van der Waals surface area contributed by atoms with Gasteiger partial charge in [-0.15, -0.1) is 0 Å². The summed E-state index contributed by atoms with van der Waals surface area (Å²) in [6, 6.07) is 9.43. The van der Waals surface area contributed by atoms with Gasteiger partial charge in [0.25, 0.3) is 0 Å². The second-order valence-corrected chi connectivity index (χ2v) is 11.6. The van der Waals surface area contributed by atoms with E-state index in [-0.39, 0.29) is 57.5 Å². The third-order valence-electron chi connectivity index (χ3n) is 6.91. The number of carboxylic acids is 1. The molecule has 2 heterocycles. The summed E-state index contributed by atoms with van der Waals surface area (Å²) >= 11 is 0. The lowest BCUT2D eigenvalue weighted by Gasteiger charge is -2.26. The van der Waals surface area contributed by atoms with E-state index >= 15 is 0 Å². The fourth-order valence-electron chi connectivity index (χ4n) is 4.26. The third-order valence-corrected chi connectivity index (χ3v) is 8.40. The van der Waals surface area contributed by atoms with E-state index in [0.717, 1.165) is 10.7 Å². The molecule has 0 spiro atoms. The number of amides is 1. The number of halogens is 1. The third kappa shape index (κ3) is 7.31. The molecule has 0 radical (unpaired) electrons. The molecule has 0 bridgehead atoms. The second kappa shape index (κ2) is 13.4. The van der Waals surface area contributed by atoms with Crippen molar-refractivity contribution in [2.24, 2.45) is 5.92 Å². The average Bonchev–Trinajstić information content (AvgIpc) is 3.29. The van der Waals surface area contributed by atoms with Gasteiger partial charge >= 0.3 is 5.97 Å². The van der Waals surface area contributed by atoms with E-state index in [9.17, 15) is 27.5 Å². The van der Waals surface area contributed by atoms with Crippen molar-refractivity contribution in [1.82, 2.24) is 19.4 Å². The molecule has 4 rings (SSSR count). The van der Waals surface area contributed by atoms with Crippen molar-refractivity contribution in [2.75, 3.05) is 44.7 Å². The van der Waals surface area contributed by atoms with Gasteiger partial charge < -0.3 is 19.9 Å². The summed E-state index contributed by atoms with van der Waals surface area (Å²) < 4.78 is 56.3. The quantitative estimate of drug-likeness (QED) is 0.283. The lowest BCUT2D eigenvalue weighted by atomic mass is 10.1. The fourth-order valence-corrected chi connectivity index (χ4v) is 5.43. The lowest BCUT2D eigenvalue weighted by molar-refractivity contribution is -0.119. The van der Waals surface area contributed by atoms with Crippen LogP contribution >= 0.6 is 0 Å².